The van der Waals surface area contributed by atoms with Crippen molar-refractivity contribution in [2.45, 2.75) is 43.9 Å². The van der Waals surface area contributed by atoms with Crippen LogP contribution in [0.5, 0.6) is 0 Å². The molecule has 0 nitrogen and oxygen atoms in total. The monoisotopic (exact) mass is 352 g/mol. The lowest BCUT2D eigenvalue weighted by molar-refractivity contribution is 0.618. The Morgan fingerprint density at radius 3 is 2.75 bits per heavy atom. The molecule has 1 unspecified atom stereocenters. The van der Waals surface area contributed by atoms with Crippen LogP contribution in [0.4, 0.5) is 4.39 Å². The molecular weight excluding hydrogens is 335 g/mol. The standard InChI is InChI=1S/C17H18BrFS/c1-11-9-13(7-8-14(11)19)17(18)16-10-12-5-3-2-4-6-15(12)20-16/h7-10,17H,2-6H2,1H3. The van der Waals surface area contributed by atoms with E-state index >= 15 is 0 Å². The molecule has 0 N–H and O–H groups in total. The zero-order chi connectivity index (χ0) is 14.1. The lowest BCUT2D eigenvalue weighted by Gasteiger charge is -2.09. The van der Waals surface area contributed by atoms with Gasteiger partial charge in [0.1, 0.15) is 5.82 Å². The maximum Gasteiger partial charge on any atom is 0.126 e. The van der Waals surface area contributed by atoms with Crippen LogP contribution in [-0.2, 0) is 12.8 Å². The minimum atomic E-state index is -0.129. The summed E-state index contributed by atoms with van der Waals surface area (Å²) in [6.45, 7) is 1.82. The van der Waals surface area contributed by atoms with Gasteiger partial charge in [0, 0.05) is 9.75 Å². The van der Waals surface area contributed by atoms with Gasteiger partial charge in [0.25, 0.3) is 0 Å². The first-order valence-electron chi connectivity index (χ1n) is 7.17. The predicted molar refractivity (Wildman–Crippen MR) is 87.5 cm³/mol. The third-order valence-corrected chi connectivity index (χ3v) is 6.62. The van der Waals surface area contributed by atoms with Gasteiger partial charge in [-0.05, 0) is 61.4 Å². The maximum atomic E-state index is 13.4. The highest BCUT2D eigenvalue weighted by Gasteiger charge is 2.18. The van der Waals surface area contributed by atoms with Gasteiger partial charge in [-0.3, -0.25) is 0 Å². The smallest absolute Gasteiger partial charge is 0.126 e. The second-order valence-corrected chi connectivity index (χ2v) is 7.61. The van der Waals surface area contributed by atoms with Gasteiger partial charge in [0.2, 0.25) is 0 Å². The van der Waals surface area contributed by atoms with E-state index in [2.05, 4.69) is 22.0 Å². The topological polar surface area (TPSA) is 0 Å². The van der Waals surface area contributed by atoms with E-state index < -0.39 is 0 Å². The van der Waals surface area contributed by atoms with E-state index in [4.69, 9.17) is 0 Å². The highest BCUT2D eigenvalue weighted by molar-refractivity contribution is 9.09. The van der Waals surface area contributed by atoms with Gasteiger partial charge < -0.3 is 0 Å². The molecule has 3 heteroatoms. The van der Waals surface area contributed by atoms with Crippen molar-refractivity contribution in [3.63, 3.8) is 0 Å². The molecule has 106 valence electrons. The molecule has 0 bridgehead atoms. The van der Waals surface area contributed by atoms with Crippen molar-refractivity contribution < 1.29 is 4.39 Å². The summed E-state index contributed by atoms with van der Waals surface area (Å²) in [6, 6.07) is 7.74. The number of halogens is 2. The fourth-order valence-corrected chi connectivity index (χ4v) is 4.77. The third kappa shape index (κ3) is 2.84. The quantitative estimate of drug-likeness (QED) is 0.462. The maximum absolute atomic E-state index is 13.4. The summed E-state index contributed by atoms with van der Waals surface area (Å²) >= 11 is 5.71. The van der Waals surface area contributed by atoms with Crippen LogP contribution in [-0.4, -0.2) is 0 Å². The Hall–Kier alpha value is -0.670. The van der Waals surface area contributed by atoms with Gasteiger partial charge in [-0.1, -0.05) is 34.5 Å². The second kappa shape index (κ2) is 5.98. The van der Waals surface area contributed by atoms with Crippen molar-refractivity contribution in [3.05, 3.63) is 56.5 Å². The van der Waals surface area contributed by atoms with Crippen molar-refractivity contribution in [1.29, 1.82) is 0 Å². The fourth-order valence-electron chi connectivity index (χ4n) is 2.81. The number of benzene rings is 1. The molecule has 0 amide bonds. The van der Waals surface area contributed by atoms with Crippen LogP contribution in [0.1, 0.15) is 50.5 Å². The number of aryl methyl sites for hydroxylation is 3. The fraction of sp³-hybridized carbons (Fsp3) is 0.412. The van der Waals surface area contributed by atoms with Crippen LogP contribution >= 0.6 is 27.3 Å². The summed E-state index contributed by atoms with van der Waals surface area (Å²) in [5.74, 6) is -0.129. The van der Waals surface area contributed by atoms with Crippen molar-refractivity contribution >= 4 is 27.3 Å². The van der Waals surface area contributed by atoms with Gasteiger partial charge in [-0.25, -0.2) is 4.39 Å². The number of alkyl halides is 1. The van der Waals surface area contributed by atoms with E-state index in [1.165, 1.54) is 42.5 Å². The SMILES string of the molecule is Cc1cc(C(Br)c2cc3c(s2)CCCCC3)ccc1F. The molecule has 0 fully saturated rings. The van der Waals surface area contributed by atoms with Gasteiger partial charge in [-0.15, -0.1) is 11.3 Å². The van der Waals surface area contributed by atoms with E-state index in [-0.39, 0.29) is 10.6 Å². The highest BCUT2D eigenvalue weighted by atomic mass is 79.9. The van der Waals surface area contributed by atoms with Crippen molar-refractivity contribution in [1.82, 2.24) is 0 Å². The molecule has 20 heavy (non-hydrogen) atoms. The zero-order valence-electron chi connectivity index (χ0n) is 11.6. The number of fused-ring (bicyclic) bond motifs is 1. The second-order valence-electron chi connectivity index (χ2n) is 5.53. The molecule has 1 aromatic heterocycles. The minimum Gasteiger partial charge on any atom is -0.207 e. The van der Waals surface area contributed by atoms with Crippen molar-refractivity contribution in [2.75, 3.05) is 0 Å². The highest BCUT2D eigenvalue weighted by Crippen LogP contribution is 2.39. The van der Waals surface area contributed by atoms with Crippen LogP contribution in [0.2, 0.25) is 0 Å². The molecule has 0 saturated heterocycles. The molecular formula is C17H18BrFS. The first-order chi connectivity index (χ1) is 9.65. The van der Waals surface area contributed by atoms with Crippen LogP contribution < -0.4 is 0 Å². The molecule has 0 aliphatic heterocycles. The molecule has 1 aliphatic rings. The summed E-state index contributed by atoms with van der Waals surface area (Å²) in [6.07, 6.45) is 6.42. The Kier molecular flexibility index (Phi) is 4.27. The van der Waals surface area contributed by atoms with Crippen molar-refractivity contribution in [3.8, 4) is 0 Å². The predicted octanol–water partition coefficient (Wildman–Crippen LogP) is 5.95. The zero-order valence-corrected chi connectivity index (χ0v) is 14.0. The van der Waals surface area contributed by atoms with Crippen LogP contribution in [0.25, 0.3) is 0 Å². The van der Waals surface area contributed by atoms with E-state index in [9.17, 15) is 4.39 Å². The Bertz CT molecular complexity index is 594. The van der Waals surface area contributed by atoms with E-state index in [1.54, 1.807) is 10.9 Å². The lowest BCUT2D eigenvalue weighted by atomic mass is 10.1. The Labute approximate surface area is 132 Å². The normalized spacial score (nSPS) is 16.6. The summed E-state index contributed by atoms with van der Waals surface area (Å²) in [5.41, 5.74) is 3.39. The molecule has 1 atom stereocenters. The van der Waals surface area contributed by atoms with Crippen LogP contribution in [0.3, 0.4) is 0 Å². The first-order valence-corrected chi connectivity index (χ1v) is 8.90. The molecule has 1 aromatic carbocycles. The summed E-state index contributed by atoms with van der Waals surface area (Å²) < 4.78 is 13.4. The summed E-state index contributed by atoms with van der Waals surface area (Å²) in [7, 11) is 0. The van der Waals surface area contributed by atoms with E-state index in [0.717, 1.165) is 5.56 Å². The number of hydrogen-bond donors (Lipinski definition) is 0. The summed E-state index contributed by atoms with van der Waals surface area (Å²) in [4.78, 5) is 3.09. The van der Waals surface area contributed by atoms with Crippen LogP contribution in [0, 0.1) is 12.7 Å². The Balaban J connectivity index is 1.90. The molecule has 1 heterocycles. The molecule has 3 rings (SSSR count). The van der Waals surface area contributed by atoms with Gasteiger partial charge in [-0.2, -0.15) is 0 Å². The molecule has 2 aromatic rings. The minimum absolute atomic E-state index is 0.129. The third-order valence-electron chi connectivity index (χ3n) is 3.99. The largest absolute Gasteiger partial charge is 0.207 e. The average Bonchev–Trinajstić information content (AvgIpc) is 2.72. The Morgan fingerprint density at radius 1 is 1.15 bits per heavy atom. The average molecular weight is 353 g/mol. The lowest BCUT2D eigenvalue weighted by Crippen LogP contribution is -1.92. The van der Waals surface area contributed by atoms with E-state index in [1.807, 2.05) is 30.4 Å². The van der Waals surface area contributed by atoms with Gasteiger partial charge in [0.05, 0.1) is 4.83 Å². The molecule has 0 radical (unpaired) electrons. The van der Waals surface area contributed by atoms with E-state index in [0.29, 0.717) is 5.56 Å². The van der Waals surface area contributed by atoms with Gasteiger partial charge >= 0.3 is 0 Å². The van der Waals surface area contributed by atoms with Crippen molar-refractivity contribution in [2.24, 2.45) is 0 Å². The number of rotatable bonds is 2. The first kappa shape index (κ1) is 14.3. The number of hydrogen-bond acceptors (Lipinski definition) is 1. The number of thiophene rings is 1. The van der Waals surface area contributed by atoms with Gasteiger partial charge in [0.15, 0.2) is 0 Å². The molecule has 1 aliphatic carbocycles. The molecule has 0 saturated carbocycles. The summed E-state index contributed by atoms with van der Waals surface area (Å²) in [5, 5.41) is 0. The molecule has 0 spiro atoms. The Morgan fingerprint density at radius 2 is 1.95 bits per heavy atom. The van der Waals surface area contributed by atoms with Crippen LogP contribution in [0.15, 0.2) is 24.3 Å².